The summed E-state index contributed by atoms with van der Waals surface area (Å²) in [6.45, 7) is 2.19. The molecule has 0 spiro atoms. The molecule has 0 bridgehead atoms. The van der Waals surface area contributed by atoms with Crippen LogP contribution in [-0.2, 0) is 13.0 Å². The van der Waals surface area contributed by atoms with Gasteiger partial charge in [0.25, 0.3) is 5.91 Å². The second-order valence-corrected chi connectivity index (χ2v) is 7.50. The number of hydrogen-bond acceptors (Lipinski definition) is 4. The van der Waals surface area contributed by atoms with Gasteiger partial charge in [0, 0.05) is 12.3 Å². The molecule has 4 rings (SSSR count). The van der Waals surface area contributed by atoms with Crippen molar-refractivity contribution in [2.45, 2.75) is 19.9 Å². The number of pyridine rings is 1. The predicted octanol–water partition coefficient (Wildman–Crippen LogP) is 5.38. The highest BCUT2D eigenvalue weighted by atomic mass is 32.1. The Hall–Kier alpha value is -3.19. The number of nitrogens with zero attached hydrogens (tertiary/aromatic N) is 3. The SMILES string of the molecule is CCc1ccc2nc(N(Cc3ccccn3)C(=O)c3ccc(F)cc3F)sc2c1. The number of anilines is 1. The maximum absolute atomic E-state index is 14.3. The van der Waals surface area contributed by atoms with Gasteiger partial charge in [0.2, 0.25) is 0 Å². The summed E-state index contributed by atoms with van der Waals surface area (Å²) in [5, 5.41) is 0.438. The van der Waals surface area contributed by atoms with E-state index in [1.807, 2.05) is 24.3 Å². The van der Waals surface area contributed by atoms with E-state index in [0.717, 1.165) is 28.8 Å². The minimum absolute atomic E-state index is 0.122. The summed E-state index contributed by atoms with van der Waals surface area (Å²) in [7, 11) is 0. The van der Waals surface area contributed by atoms with E-state index in [2.05, 4.69) is 16.9 Å². The van der Waals surface area contributed by atoms with Crippen molar-refractivity contribution in [3.63, 3.8) is 0 Å². The van der Waals surface area contributed by atoms with Crippen LogP contribution in [-0.4, -0.2) is 15.9 Å². The average Bonchev–Trinajstić information content (AvgIpc) is 3.15. The number of rotatable bonds is 5. The zero-order valence-corrected chi connectivity index (χ0v) is 16.4. The number of thiazole rings is 1. The standard InChI is InChI=1S/C22H17F2N3OS/c1-2-14-6-9-19-20(11-14)29-22(26-19)27(13-16-5-3-4-10-25-16)21(28)17-8-7-15(23)12-18(17)24/h3-12H,2,13H2,1H3. The van der Waals surface area contributed by atoms with Gasteiger partial charge in [-0.05, 0) is 48.4 Å². The lowest BCUT2D eigenvalue weighted by molar-refractivity contribution is 0.0981. The lowest BCUT2D eigenvalue weighted by Crippen LogP contribution is -2.31. The number of benzene rings is 2. The Morgan fingerprint density at radius 1 is 1.10 bits per heavy atom. The summed E-state index contributed by atoms with van der Waals surface area (Å²) in [5.74, 6) is -2.24. The van der Waals surface area contributed by atoms with Crippen LogP contribution >= 0.6 is 11.3 Å². The predicted molar refractivity (Wildman–Crippen MR) is 110 cm³/mol. The molecule has 2 aromatic heterocycles. The molecule has 0 N–H and O–H groups in total. The lowest BCUT2D eigenvalue weighted by atomic mass is 10.1. The maximum Gasteiger partial charge on any atom is 0.263 e. The van der Waals surface area contributed by atoms with Gasteiger partial charge in [-0.3, -0.25) is 14.7 Å². The van der Waals surface area contributed by atoms with E-state index in [1.54, 1.807) is 18.3 Å². The van der Waals surface area contributed by atoms with Crippen molar-refractivity contribution in [1.29, 1.82) is 0 Å². The molecule has 0 atom stereocenters. The van der Waals surface area contributed by atoms with Crippen LogP contribution in [0.5, 0.6) is 0 Å². The van der Waals surface area contributed by atoms with E-state index in [1.165, 1.54) is 21.8 Å². The Bertz CT molecular complexity index is 1180. The van der Waals surface area contributed by atoms with E-state index >= 15 is 0 Å². The fourth-order valence-corrected chi connectivity index (χ4v) is 4.01. The molecule has 0 saturated carbocycles. The molecule has 2 aromatic carbocycles. The van der Waals surface area contributed by atoms with Gasteiger partial charge in [-0.1, -0.05) is 30.4 Å². The third-order valence-corrected chi connectivity index (χ3v) is 5.57. The number of aromatic nitrogens is 2. The van der Waals surface area contributed by atoms with E-state index in [4.69, 9.17) is 0 Å². The third kappa shape index (κ3) is 4.00. The Kier molecular flexibility index (Phi) is 5.31. The van der Waals surface area contributed by atoms with Gasteiger partial charge in [0.15, 0.2) is 5.13 Å². The highest BCUT2D eigenvalue weighted by Crippen LogP contribution is 2.32. The fraction of sp³-hybridized carbons (Fsp3) is 0.136. The molecule has 29 heavy (non-hydrogen) atoms. The first-order chi connectivity index (χ1) is 14.0. The molecule has 146 valence electrons. The van der Waals surface area contributed by atoms with Crippen LogP contribution in [0, 0.1) is 11.6 Å². The molecule has 2 heterocycles. The summed E-state index contributed by atoms with van der Waals surface area (Å²) in [6, 6.07) is 14.3. The van der Waals surface area contributed by atoms with E-state index in [-0.39, 0.29) is 12.1 Å². The molecule has 4 nitrogen and oxygen atoms in total. The molecule has 4 aromatic rings. The first-order valence-electron chi connectivity index (χ1n) is 9.11. The lowest BCUT2D eigenvalue weighted by Gasteiger charge is -2.20. The monoisotopic (exact) mass is 409 g/mol. The Morgan fingerprint density at radius 2 is 1.97 bits per heavy atom. The molecule has 0 aliphatic rings. The Morgan fingerprint density at radius 3 is 2.69 bits per heavy atom. The van der Waals surface area contributed by atoms with Crippen LogP contribution in [0.3, 0.4) is 0 Å². The van der Waals surface area contributed by atoms with Crippen LogP contribution in [0.4, 0.5) is 13.9 Å². The molecule has 0 saturated heterocycles. The first-order valence-corrected chi connectivity index (χ1v) is 9.93. The zero-order chi connectivity index (χ0) is 20.4. The number of carbonyl (C=O) groups is 1. The van der Waals surface area contributed by atoms with Crippen molar-refractivity contribution in [2.24, 2.45) is 0 Å². The Labute approximate surface area is 170 Å². The molecule has 1 amide bonds. The van der Waals surface area contributed by atoms with Crippen LogP contribution in [0.2, 0.25) is 0 Å². The summed E-state index contributed by atoms with van der Waals surface area (Å²) >= 11 is 1.36. The van der Waals surface area contributed by atoms with Crippen LogP contribution < -0.4 is 4.90 Å². The number of carbonyl (C=O) groups excluding carboxylic acids is 1. The average molecular weight is 409 g/mol. The molecule has 0 fully saturated rings. The summed E-state index contributed by atoms with van der Waals surface area (Å²) in [6.07, 6.45) is 2.52. The molecular weight excluding hydrogens is 392 g/mol. The minimum atomic E-state index is -0.907. The second-order valence-electron chi connectivity index (χ2n) is 6.49. The quantitative estimate of drug-likeness (QED) is 0.445. The van der Waals surface area contributed by atoms with Gasteiger partial charge < -0.3 is 0 Å². The van der Waals surface area contributed by atoms with Crippen LogP contribution in [0.25, 0.3) is 10.2 Å². The third-order valence-electron chi connectivity index (χ3n) is 4.53. The van der Waals surface area contributed by atoms with Gasteiger partial charge in [-0.25, -0.2) is 13.8 Å². The van der Waals surface area contributed by atoms with Crippen molar-refractivity contribution in [3.8, 4) is 0 Å². The van der Waals surface area contributed by atoms with Gasteiger partial charge in [-0.2, -0.15) is 0 Å². The van der Waals surface area contributed by atoms with Crippen LogP contribution in [0.1, 0.15) is 28.5 Å². The topological polar surface area (TPSA) is 46.1 Å². The highest BCUT2D eigenvalue weighted by Gasteiger charge is 2.25. The van der Waals surface area contributed by atoms with Crippen molar-refractivity contribution in [1.82, 2.24) is 9.97 Å². The number of amides is 1. The van der Waals surface area contributed by atoms with Crippen molar-refractivity contribution < 1.29 is 13.6 Å². The van der Waals surface area contributed by atoms with E-state index < -0.39 is 17.5 Å². The summed E-state index contributed by atoms with van der Waals surface area (Å²) in [4.78, 5) is 23.4. The summed E-state index contributed by atoms with van der Waals surface area (Å²) in [5.41, 5.74) is 2.35. The van der Waals surface area contributed by atoms with Gasteiger partial charge in [0.05, 0.1) is 28.0 Å². The molecular formula is C22H17F2N3OS. The van der Waals surface area contributed by atoms with E-state index in [0.29, 0.717) is 16.9 Å². The maximum atomic E-state index is 14.3. The van der Waals surface area contributed by atoms with Crippen molar-refractivity contribution in [2.75, 3.05) is 4.90 Å². The van der Waals surface area contributed by atoms with Gasteiger partial charge >= 0.3 is 0 Å². The number of aryl methyl sites for hydroxylation is 1. The number of halogens is 2. The van der Waals surface area contributed by atoms with Gasteiger partial charge in [0.1, 0.15) is 11.6 Å². The largest absolute Gasteiger partial charge is 0.278 e. The van der Waals surface area contributed by atoms with Crippen LogP contribution in [0.15, 0.2) is 60.8 Å². The first kappa shape index (κ1) is 19.1. The molecule has 0 unspecified atom stereocenters. The molecule has 0 radical (unpaired) electrons. The van der Waals surface area contributed by atoms with Gasteiger partial charge in [-0.15, -0.1) is 0 Å². The highest BCUT2D eigenvalue weighted by molar-refractivity contribution is 7.22. The smallest absolute Gasteiger partial charge is 0.263 e. The number of hydrogen-bond donors (Lipinski definition) is 0. The Balaban J connectivity index is 1.78. The minimum Gasteiger partial charge on any atom is -0.278 e. The van der Waals surface area contributed by atoms with E-state index in [9.17, 15) is 13.6 Å². The fourth-order valence-electron chi connectivity index (χ4n) is 2.98. The summed E-state index contributed by atoms with van der Waals surface area (Å²) < 4.78 is 28.5. The molecule has 0 aliphatic heterocycles. The zero-order valence-electron chi connectivity index (χ0n) is 15.6. The van der Waals surface area contributed by atoms with Crippen molar-refractivity contribution in [3.05, 3.63) is 89.2 Å². The number of fused-ring (bicyclic) bond motifs is 1. The van der Waals surface area contributed by atoms with Crippen molar-refractivity contribution >= 4 is 32.6 Å². The normalized spacial score (nSPS) is 11.0. The molecule has 0 aliphatic carbocycles. The second kappa shape index (κ2) is 8.05. The molecule has 7 heteroatoms.